The molecule has 192 valence electrons. The molecular weight excluding hydrogens is 510 g/mol. The van der Waals surface area contributed by atoms with Gasteiger partial charge in [0.25, 0.3) is 0 Å². The Balaban J connectivity index is 1.44. The van der Waals surface area contributed by atoms with Crippen molar-refractivity contribution < 1.29 is 28.8 Å². The lowest BCUT2D eigenvalue weighted by Crippen LogP contribution is -2.10. The minimum absolute atomic E-state index is 0.372. The van der Waals surface area contributed by atoms with Gasteiger partial charge in [0.05, 0.1) is 31.4 Å². The van der Waals surface area contributed by atoms with Crippen molar-refractivity contribution in [1.29, 1.82) is 0 Å². The maximum Gasteiger partial charge on any atom is 0.341 e. The van der Waals surface area contributed by atoms with Crippen molar-refractivity contribution in [3.63, 3.8) is 0 Å². The summed E-state index contributed by atoms with van der Waals surface area (Å²) >= 11 is 3.29. The summed E-state index contributed by atoms with van der Waals surface area (Å²) in [4.78, 5) is 16.7. The summed E-state index contributed by atoms with van der Waals surface area (Å²) in [6.45, 7) is 1.98. The number of hydrogen-bond donors (Lipinski definition) is 1. The summed E-state index contributed by atoms with van der Waals surface area (Å²) in [5.41, 5.74) is 3.84. The van der Waals surface area contributed by atoms with Gasteiger partial charge < -0.3 is 24.1 Å². The molecule has 9 heteroatoms. The predicted molar refractivity (Wildman–Crippen MR) is 147 cm³/mol. The molecule has 0 saturated carbocycles. The maximum absolute atomic E-state index is 10.7. The van der Waals surface area contributed by atoms with Crippen LogP contribution in [0.1, 0.15) is 5.56 Å². The van der Waals surface area contributed by atoms with E-state index in [1.807, 2.05) is 61.5 Å². The largest absolute Gasteiger partial charge is 0.497 e. The van der Waals surface area contributed by atoms with E-state index in [1.165, 1.54) is 0 Å². The molecule has 0 aliphatic carbocycles. The number of aromatic nitrogens is 1. The highest BCUT2D eigenvalue weighted by atomic mass is 32.2. The van der Waals surface area contributed by atoms with Crippen molar-refractivity contribution in [1.82, 2.24) is 4.98 Å². The zero-order chi connectivity index (χ0) is 26.2. The van der Waals surface area contributed by atoms with E-state index in [0.29, 0.717) is 23.9 Å². The lowest BCUT2D eigenvalue weighted by molar-refractivity contribution is -0.139. The van der Waals surface area contributed by atoms with Crippen molar-refractivity contribution in [3.8, 4) is 44.7 Å². The number of ether oxygens (including phenoxy) is 4. The van der Waals surface area contributed by atoms with Gasteiger partial charge in [-0.05, 0) is 84.8 Å². The Bertz CT molecular complexity index is 1270. The first-order valence-electron chi connectivity index (χ1n) is 11.5. The van der Waals surface area contributed by atoms with Gasteiger partial charge in [0.2, 0.25) is 0 Å². The summed E-state index contributed by atoms with van der Waals surface area (Å²) < 4.78 is 22.7. The Morgan fingerprint density at radius 2 is 1.51 bits per heavy atom. The quantitative estimate of drug-likeness (QED) is 0.163. The van der Waals surface area contributed by atoms with Gasteiger partial charge in [0, 0.05) is 11.3 Å². The van der Waals surface area contributed by atoms with Crippen LogP contribution in [0.2, 0.25) is 0 Å². The van der Waals surface area contributed by atoms with Crippen molar-refractivity contribution in [3.05, 3.63) is 72.3 Å². The van der Waals surface area contributed by atoms with E-state index in [9.17, 15) is 4.79 Å². The average molecular weight is 538 g/mol. The van der Waals surface area contributed by atoms with Crippen LogP contribution in [-0.2, 0) is 4.79 Å². The minimum atomic E-state index is -1.01. The van der Waals surface area contributed by atoms with Crippen LogP contribution >= 0.6 is 23.1 Å². The molecule has 3 aromatic carbocycles. The molecule has 0 spiro atoms. The number of hydrogen-bond acceptors (Lipinski definition) is 8. The highest BCUT2D eigenvalue weighted by Crippen LogP contribution is 2.41. The molecule has 1 heterocycles. The number of carbonyl (C=O) groups is 1. The molecule has 4 aromatic rings. The summed E-state index contributed by atoms with van der Waals surface area (Å²) in [7, 11) is 3.31. The third-order valence-electron chi connectivity index (χ3n) is 5.40. The Kier molecular flexibility index (Phi) is 8.92. The molecule has 0 unspecified atom stereocenters. The van der Waals surface area contributed by atoms with Crippen LogP contribution < -0.4 is 18.9 Å². The number of thioether (sulfide) groups is 1. The van der Waals surface area contributed by atoms with Crippen LogP contribution in [0.15, 0.2) is 71.1 Å². The minimum Gasteiger partial charge on any atom is -0.497 e. The van der Waals surface area contributed by atoms with Crippen LogP contribution in [0.5, 0.6) is 23.0 Å². The molecule has 0 bridgehead atoms. The zero-order valence-electron chi connectivity index (χ0n) is 20.7. The fourth-order valence-corrected chi connectivity index (χ4v) is 5.60. The number of nitrogens with zero attached hydrogens (tertiary/aromatic N) is 1. The predicted octanol–water partition coefficient (Wildman–Crippen LogP) is 6.44. The third-order valence-corrected chi connectivity index (χ3v) is 7.61. The average Bonchev–Trinajstić information content (AvgIpc) is 3.35. The SMILES string of the molecule is COc1ccc(-c2nc(SCCOc3ccc(OCC(=O)O)c(C)c3)sc2-c2ccc(OC)cc2)cc1. The van der Waals surface area contributed by atoms with Gasteiger partial charge in [0.15, 0.2) is 10.9 Å². The first-order valence-corrected chi connectivity index (χ1v) is 13.3. The van der Waals surface area contributed by atoms with E-state index in [4.69, 9.17) is 29.0 Å². The van der Waals surface area contributed by atoms with Crippen molar-refractivity contribution in [2.75, 3.05) is 33.2 Å². The van der Waals surface area contributed by atoms with E-state index in [-0.39, 0.29) is 6.61 Å². The molecule has 4 rings (SSSR count). The first kappa shape index (κ1) is 26.4. The van der Waals surface area contributed by atoms with Crippen molar-refractivity contribution >= 4 is 29.1 Å². The molecule has 0 fully saturated rings. The fraction of sp³-hybridized carbons (Fsp3) is 0.214. The second kappa shape index (κ2) is 12.5. The van der Waals surface area contributed by atoms with Crippen LogP contribution in [0.25, 0.3) is 21.7 Å². The van der Waals surface area contributed by atoms with E-state index in [0.717, 1.165) is 43.1 Å². The topological polar surface area (TPSA) is 87.1 Å². The fourth-order valence-electron chi connectivity index (χ4n) is 3.55. The molecule has 0 saturated heterocycles. The van der Waals surface area contributed by atoms with Gasteiger partial charge >= 0.3 is 5.97 Å². The van der Waals surface area contributed by atoms with Crippen molar-refractivity contribution in [2.45, 2.75) is 11.3 Å². The number of aliphatic carboxylic acids is 1. The number of thiazole rings is 1. The molecule has 1 aromatic heterocycles. The number of methoxy groups -OCH3 is 2. The molecule has 0 aliphatic heterocycles. The van der Waals surface area contributed by atoms with Crippen LogP contribution in [0.3, 0.4) is 0 Å². The normalized spacial score (nSPS) is 10.7. The Labute approximate surface area is 224 Å². The standard InChI is InChI=1S/C28H27NO6S2/c1-18-16-23(12-13-24(18)35-17-25(30)31)34-14-15-36-28-29-26(19-4-8-21(32-2)9-5-19)27(37-28)20-6-10-22(33-3)11-7-20/h4-13,16H,14-15,17H2,1-3H3,(H,30,31). The number of carboxylic acids is 1. The number of aryl methyl sites for hydroxylation is 1. The summed E-state index contributed by atoms with van der Waals surface area (Å²) in [6, 6.07) is 21.3. The summed E-state index contributed by atoms with van der Waals surface area (Å²) in [5.74, 6) is 2.55. The molecule has 37 heavy (non-hydrogen) atoms. The lowest BCUT2D eigenvalue weighted by Gasteiger charge is -2.10. The van der Waals surface area contributed by atoms with E-state index in [1.54, 1.807) is 49.5 Å². The van der Waals surface area contributed by atoms with E-state index >= 15 is 0 Å². The van der Waals surface area contributed by atoms with Crippen LogP contribution in [0.4, 0.5) is 0 Å². The first-order chi connectivity index (χ1) is 18.0. The Morgan fingerprint density at radius 1 is 0.892 bits per heavy atom. The number of benzene rings is 3. The van der Waals surface area contributed by atoms with Gasteiger partial charge in [-0.25, -0.2) is 9.78 Å². The van der Waals surface area contributed by atoms with Gasteiger partial charge in [-0.3, -0.25) is 0 Å². The molecule has 7 nitrogen and oxygen atoms in total. The number of carboxylic acid groups (broad SMARTS) is 1. The van der Waals surface area contributed by atoms with Gasteiger partial charge in [-0.15, -0.1) is 11.3 Å². The van der Waals surface area contributed by atoms with Crippen molar-refractivity contribution in [2.24, 2.45) is 0 Å². The van der Waals surface area contributed by atoms with Crippen LogP contribution in [-0.4, -0.2) is 49.2 Å². The van der Waals surface area contributed by atoms with Gasteiger partial charge in [-0.1, -0.05) is 11.8 Å². The molecular formula is C28H27NO6S2. The highest BCUT2D eigenvalue weighted by molar-refractivity contribution is 8.01. The van der Waals surface area contributed by atoms with E-state index in [2.05, 4.69) is 0 Å². The number of rotatable bonds is 12. The maximum atomic E-state index is 10.7. The summed E-state index contributed by atoms with van der Waals surface area (Å²) in [6.07, 6.45) is 0. The lowest BCUT2D eigenvalue weighted by atomic mass is 10.1. The molecule has 0 aliphatic rings. The monoisotopic (exact) mass is 537 g/mol. The Morgan fingerprint density at radius 3 is 2.11 bits per heavy atom. The molecule has 0 radical (unpaired) electrons. The highest BCUT2D eigenvalue weighted by Gasteiger charge is 2.16. The second-order valence-corrected chi connectivity index (χ2v) is 10.3. The second-order valence-electron chi connectivity index (χ2n) is 7.92. The third kappa shape index (κ3) is 6.96. The molecule has 1 N–H and O–H groups in total. The van der Waals surface area contributed by atoms with Gasteiger partial charge in [-0.2, -0.15) is 0 Å². The Hall–Kier alpha value is -3.69. The smallest absolute Gasteiger partial charge is 0.341 e. The molecule has 0 amide bonds. The zero-order valence-corrected chi connectivity index (χ0v) is 22.4. The van der Waals surface area contributed by atoms with Gasteiger partial charge in [0.1, 0.15) is 23.0 Å². The van der Waals surface area contributed by atoms with E-state index < -0.39 is 5.97 Å². The van der Waals surface area contributed by atoms with Crippen LogP contribution in [0, 0.1) is 6.92 Å². The molecule has 0 atom stereocenters. The summed E-state index contributed by atoms with van der Waals surface area (Å²) in [5, 5.41) is 8.78.